The molecule has 0 aliphatic rings. The van der Waals surface area contributed by atoms with Crippen LogP contribution in [0, 0.1) is 11.6 Å². The Morgan fingerprint density at radius 1 is 1.20 bits per heavy atom. The molecule has 4 nitrogen and oxygen atoms in total. The number of carbonyl (C=O) groups excluding carboxylic acids is 1. The first-order chi connectivity index (χ1) is 9.61. The van der Waals surface area contributed by atoms with Gasteiger partial charge in [-0.3, -0.25) is 10.2 Å². The van der Waals surface area contributed by atoms with E-state index in [9.17, 15) is 13.6 Å². The van der Waals surface area contributed by atoms with Crippen molar-refractivity contribution >= 4 is 5.91 Å². The Bertz CT molecular complexity index is 632. The second kappa shape index (κ2) is 6.12. The molecule has 0 aromatic heterocycles. The molecule has 0 saturated carbocycles. The molecule has 0 radical (unpaired) electrons. The summed E-state index contributed by atoms with van der Waals surface area (Å²) in [5.41, 5.74) is 2.89. The largest absolute Gasteiger partial charge is 0.486 e. The van der Waals surface area contributed by atoms with Gasteiger partial charge in [0.2, 0.25) is 0 Å². The number of hydrogen-bond donors (Lipinski definition) is 2. The van der Waals surface area contributed by atoms with Gasteiger partial charge in [-0.25, -0.2) is 14.6 Å². The van der Waals surface area contributed by atoms with Crippen molar-refractivity contribution in [1.82, 2.24) is 5.43 Å². The molecule has 104 valence electrons. The fourth-order valence-electron chi connectivity index (χ4n) is 1.69. The smallest absolute Gasteiger partial charge is 0.265 e. The summed E-state index contributed by atoms with van der Waals surface area (Å²) in [5.74, 6) is 3.04. The third kappa shape index (κ3) is 3.10. The molecule has 0 saturated heterocycles. The quantitative estimate of drug-likeness (QED) is 0.511. The van der Waals surface area contributed by atoms with Gasteiger partial charge in [-0.1, -0.05) is 18.2 Å². The van der Waals surface area contributed by atoms with Crippen LogP contribution in [0.1, 0.15) is 15.9 Å². The Morgan fingerprint density at radius 3 is 2.65 bits per heavy atom. The number of amides is 1. The van der Waals surface area contributed by atoms with Crippen LogP contribution in [0.4, 0.5) is 8.78 Å². The zero-order valence-corrected chi connectivity index (χ0v) is 10.4. The number of benzene rings is 2. The molecule has 2 aromatic rings. The molecule has 0 atom stereocenters. The zero-order chi connectivity index (χ0) is 14.5. The Morgan fingerprint density at radius 2 is 1.95 bits per heavy atom. The predicted octanol–water partition coefficient (Wildman–Crippen LogP) is 2.15. The van der Waals surface area contributed by atoms with Crippen molar-refractivity contribution in [2.75, 3.05) is 0 Å². The van der Waals surface area contributed by atoms with E-state index in [0.29, 0.717) is 11.1 Å². The maximum absolute atomic E-state index is 13.4. The van der Waals surface area contributed by atoms with Crippen LogP contribution in [0.25, 0.3) is 0 Å². The highest BCUT2D eigenvalue weighted by Crippen LogP contribution is 2.20. The van der Waals surface area contributed by atoms with E-state index in [1.807, 2.05) is 5.43 Å². The number of hydrazine groups is 1. The number of nitrogens with one attached hydrogen (secondary N) is 1. The molecule has 0 bridgehead atoms. The van der Waals surface area contributed by atoms with Crippen molar-refractivity contribution in [2.45, 2.75) is 6.61 Å². The zero-order valence-electron chi connectivity index (χ0n) is 10.4. The third-order valence-electron chi connectivity index (χ3n) is 2.67. The molecule has 0 heterocycles. The summed E-state index contributed by atoms with van der Waals surface area (Å²) in [6.07, 6.45) is 0. The Balaban J connectivity index is 2.17. The topological polar surface area (TPSA) is 64.3 Å². The molecule has 3 N–H and O–H groups in total. The molecule has 6 heteroatoms. The standard InChI is InChI=1S/C14H12F2N2O2/c15-10-5-6-13(12(16)7-10)20-8-9-3-1-2-4-11(9)14(19)18-17/h1-7H,8,17H2,(H,18,19). The number of rotatable bonds is 4. The third-order valence-corrected chi connectivity index (χ3v) is 2.67. The second-order valence-electron chi connectivity index (χ2n) is 3.99. The minimum Gasteiger partial charge on any atom is -0.486 e. The molecule has 0 spiro atoms. The summed E-state index contributed by atoms with van der Waals surface area (Å²) < 4.78 is 31.4. The normalized spacial score (nSPS) is 10.2. The summed E-state index contributed by atoms with van der Waals surface area (Å²) in [6, 6.07) is 9.63. The Hall–Kier alpha value is -2.47. The van der Waals surface area contributed by atoms with Crippen LogP contribution in [-0.4, -0.2) is 5.91 Å². The van der Waals surface area contributed by atoms with Crippen LogP contribution in [0.2, 0.25) is 0 Å². The monoisotopic (exact) mass is 278 g/mol. The lowest BCUT2D eigenvalue weighted by Crippen LogP contribution is -2.30. The van der Waals surface area contributed by atoms with E-state index in [2.05, 4.69) is 0 Å². The molecule has 1 amide bonds. The van der Waals surface area contributed by atoms with E-state index in [-0.39, 0.29) is 12.4 Å². The van der Waals surface area contributed by atoms with Gasteiger partial charge in [-0.2, -0.15) is 0 Å². The van der Waals surface area contributed by atoms with Crippen molar-refractivity contribution in [3.63, 3.8) is 0 Å². The summed E-state index contributed by atoms with van der Waals surface area (Å²) in [6.45, 7) is -0.0356. The first kappa shape index (κ1) is 14.0. The van der Waals surface area contributed by atoms with Gasteiger partial charge in [0, 0.05) is 17.2 Å². The van der Waals surface area contributed by atoms with Gasteiger partial charge in [0.05, 0.1) is 0 Å². The van der Waals surface area contributed by atoms with Crippen LogP contribution >= 0.6 is 0 Å². The maximum atomic E-state index is 13.4. The van der Waals surface area contributed by atoms with Gasteiger partial charge in [-0.05, 0) is 18.2 Å². The van der Waals surface area contributed by atoms with Crippen molar-refractivity contribution in [1.29, 1.82) is 0 Å². The number of halogens is 2. The first-order valence-corrected chi connectivity index (χ1v) is 5.78. The number of hydrogen-bond acceptors (Lipinski definition) is 3. The highest BCUT2D eigenvalue weighted by Gasteiger charge is 2.11. The number of nitrogen functional groups attached to an aromatic ring is 1. The van der Waals surface area contributed by atoms with Crippen LogP contribution < -0.4 is 16.0 Å². The lowest BCUT2D eigenvalue weighted by atomic mass is 10.1. The SMILES string of the molecule is NNC(=O)c1ccccc1COc1ccc(F)cc1F. The van der Waals surface area contributed by atoms with Crippen molar-refractivity contribution in [3.8, 4) is 5.75 Å². The number of ether oxygens (including phenoxy) is 1. The average Bonchev–Trinajstić information content (AvgIpc) is 2.46. The van der Waals surface area contributed by atoms with E-state index in [1.165, 1.54) is 6.07 Å². The summed E-state index contributed by atoms with van der Waals surface area (Å²) in [7, 11) is 0. The van der Waals surface area contributed by atoms with Crippen LogP contribution in [0.3, 0.4) is 0 Å². The van der Waals surface area contributed by atoms with E-state index in [0.717, 1.165) is 12.1 Å². The van der Waals surface area contributed by atoms with E-state index in [1.54, 1.807) is 24.3 Å². The van der Waals surface area contributed by atoms with Gasteiger partial charge in [0.1, 0.15) is 12.4 Å². The van der Waals surface area contributed by atoms with E-state index >= 15 is 0 Å². The first-order valence-electron chi connectivity index (χ1n) is 5.78. The fourth-order valence-corrected chi connectivity index (χ4v) is 1.69. The molecular weight excluding hydrogens is 266 g/mol. The molecule has 0 aliphatic heterocycles. The Kier molecular flexibility index (Phi) is 4.27. The summed E-state index contributed by atoms with van der Waals surface area (Å²) in [5, 5.41) is 0. The summed E-state index contributed by atoms with van der Waals surface area (Å²) >= 11 is 0. The van der Waals surface area contributed by atoms with Gasteiger partial charge in [-0.15, -0.1) is 0 Å². The highest BCUT2D eigenvalue weighted by molar-refractivity contribution is 5.95. The van der Waals surface area contributed by atoms with E-state index < -0.39 is 17.5 Å². The molecule has 20 heavy (non-hydrogen) atoms. The molecular formula is C14H12F2N2O2. The van der Waals surface area contributed by atoms with Gasteiger partial charge >= 0.3 is 0 Å². The molecule has 2 aromatic carbocycles. The van der Waals surface area contributed by atoms with Gasteiger partial charge in [0.15, 0.2) is 11.6 Å². The van der Waals surface area contributed by atoms with Crippen molar-refractivity contribution < 1.29 is 18.3 Å². The molecule has 0 unspecified atom stereocenters. The average molecular weight is 278 g/mol. The van der Waals surface area contributed by atoms with Crippen molar-refractivity contribution in [2.24, 2.45) is 5.84 Å². The van der Waals surface area contributed by atoms with Crippen LogP contribution in [-0.2, 0) is 6.61 Å². The minimum atomic E-state index is -0.800. The molecule has 0 aliphatic carbocycles. The minimum absolute atomic E-state index is 0.0356. The Labute approximate surface area is 114 Å². The lowest BCUT2D eigenvalue weighted by molar-refractivity contribution is 0.0951. The van der Waals surface area contributed by atoms with Gasteiger partial charge < -0.3 is 4.74 Å². The van der Waals surface area contributed by atoms with Gasteiger partial charge in [0.25, 0.3) is 5.91 Å². The molecule has 0 fully saturated rings. The van der Waals surface area contributed by atoms with Crippen LogP contribution in [0.15, 0.2) is 42.5 Å². The lowest BCUT2D eigenvalue weighted by Gasteiger charge is -2.10. The van der Waals surface area contributed by atoms with Crippen molar-refractivity contribution in [3.05, 3.63) is 65.2 Å². The summed E-state index contributed by atoms with van der Waals surface area (Å²) in [4.78, 5) is 11.5. The predicted molar refractivity (Wildman–Crippen MR) is 68.8 cm³/mol. The van der Waals surface area contributed by atoms with E-state index in [4.69, 9.17) is 10.6 Å². The highest BCUT2D eigenvalue weighted by atomic mass is 19.1. The second-order valence-corrected chi connectivity index (χ2v) is 3.99. The van der Waals surface area contributed by atoms with Crippen LogP contribution in [0.5, 0.6) is 5.75 Å². The molecule has 2 rings (SSSR count). The fraction of sp³-hybridized carbons (Fsp3) is 0.0714. The number of nitrogens with two attached hydrogens (primary N) is 1. The maximum Gasteiger partial charge on any atom is 0.265 e. The number of carbonyl (C=O) groups is 1.